The van der Waals surface area contributed by atoms with Gasteiger partial charge in [-0.05, 0) is 12.3 Å². The van der Waals surface area contributed by atoms with Crippen LogP contribution in [0, 0.1) is 5.92 Å². The molecular weight excluding hydrogens is 198 g/mol. The number of nitrogens with zero attached hydrogens (tertiary/aromatic N) is 1. The van der Waals surface area contributed by atoms with Crippen LogP contribution in [-0.2, 0) is 9.59 Å². The van der Waals surface area contributed by atoms with Crippen molar-refractivity contribution in [3.05, 3.63) is 0 Å². The van der Waals surface area contributed by atoms with Gasteiger partial charge in [-0.15, -0.1) is 0 Å². The van der Waals surface area contributed by atoms with Crippen LogP contribution in [0.5, 0.6) is 0 Å². The standard InChI is InChI=1S/C6H9NO3.C3H10N2/c1-4(2)5(6(9)10)7-3-8;1-2-3(4)5/h4-5H,1-2H3,(H,9,10);3H,2,4-5H2,1H3/t5-;/m0./s1. The van der Waals surface area contributed by atoms with Crippen LogP contribution in [0.4, 0.5) is 0 Å². The Morgan fingerprint density at radius 3 is 1.93 bits per heavy atom. The van der Waals surface area contributed by atoms with Crippen molar-refractivity contribution in [2.75, 3.05) is 0 Å². The zero-order valence-electron chi connectivity index (χ0n) is 9.30. The van der Waals surface area contributed by atoms with E-state index in [9.17, 15) is 9.59 Å². The summed E-state index contributed by atoms with van der Waals surface area (Å²) in [4.78, 5) is 23.0. The number of carbonyl (C=O) groups excluding carboxylic acids is 1. The predicted molar refractivity (Wildman–Crippen MR) is 56.8 cm³/mol. The zero-order chi connectivity index (χ0) is 12.4. The van der Waals surface area contributed by atoms with Gasteiger partial charge in [0, 0.05) is 0 Å². The molecule has 0 unspecified atom stereocenters. The molecule has 0 aromatic heterocycles. The molecule has 6 nitrogen and oxygen atoms in total. The van der Waals surface area contributed by atoms with E-state index in [1.54, 1.807) is 13.8 Å². The molecule has 0 spiro atoms. The van der Waals surface area contributed by atoms with Crippen LogP contribution in [0.15, 0.2) is 4.99 Å². The van der Waals surface area contributed by atoms with Gasteiger partial charge in [0.15, 0.2) is 6.04 Å². The monoisotopic (exact) mass is 217 g/mol. The van der Waals surface area contributed by atoms with E-state index in [4.69, 9.17) is 16.6 Å². The topological polar surface area (TPSA) is 119 Å². The molecule has 5 N–H and O–H groups in total. The molecule has 0 aliphatic rings. The quantitative estimate of drug-likeness (QED) is 0.350. The lowest BCUT2D eigenvalue weighted by Gasteiger charge is -2.07. The van der Waals surface area contributed by atoms with Gasteiger partial charge < -0.3 is 16.6 Å². The summed E-state index contributed by atoms with van der Waals surface area (Å²) < 4.78 is 0. The number of isocyanates is 1. The largest absolute Gasteiger partial charge is 0.480 e. The van der Waals surface area contributed by atoms with Crippen LogP contribution in [0.25, 0.3) is 0 Å². The van der Waals surface area contributed by atoms with E-state index in [1.165, 1.54) is 6.08 Å². The number of carbonyl (C=O) groups is 1. The minimum atomic E-state index is -1.08. The molecule has 88 valence electrons. The van der Waals surface area contributed by atoms with E-state index in [0.717, 1.165) is 6.42 Å². The van der Waals surface area contributed by atoms with Crippen molar-refractivity contribution >= 4 is 12.0 Å². The number of hydrogen-bond donors (Lipinski definition) is 3. The molecule has 0 saturated heterocycles. The number of rotatable bonds is 4. The third-order valence-electron chi connectivity index (χ3n) is 1.55. The fraction of sp³-hybridized carbons (Fsp3) is 0.778. The molecule has 0 amide bonds. The predicted octanol–water partition coefficient (Wildman–Crippen LogP) is 0.0713. The highest BCUT2D eigenvalue weighted by atomic mass is 16.4. The zero-order valence-corrected chi connectivity index (χ0v) is 9.30. The summed E-state index contributed by atoms with van der Waals surface area (Å²) in [5.41, 5.74) is 10.1. The number of aliphatic carboxylic acids is 1. The summed E-state index contributed by atoms with van der Waals surface area (Å²) >= 11 is 0. The van der Waals surface area contributed by atoms with Crippen LogP contribution < -0.4 is 11.5 Å². The third kappa shape index (κ3) is 10.7. The van der Waals surface area contributed by atoms with Gasteiger partial charge in [0.25, 0.3) is 0 Å². The van der Waals surface area contributed by atoms with Crippen molar-refractivity contribution in [2.24, 2.45) is 22.4 Å². The van der Waals surface area contributed by atoms with Crippen molar-refractivity contribution in [1.29, 1.82) is 0 Å². The van der Waals surface area contributed by atoms with E-state index in [0.29, 0.717) is 0 Å². The van der Waals surface area contributed by atoms with E-state index < -0.39 is 12.0 Å². The first-order valence-electron chi connectivity index (χ1n) is 4.67. The molecule has 0 rings (SSSR count). The first kappa shape index (κ1) is 16.2. The van der Waals surface area contributed by atoms with Gasteiger partial charge in [0.1, 0.15) is 0 Å². The maximum absolute atomic E-state index is 10.3. The Kier molecular flexibility index (Phi) is 10.1. The van der Waals surface area contributed by atoms with Gasteiger partial charge in [0.2, 0.25) is 6.08 Å². The van der Waals surface area contributed by atoms with Gasteiger partial charge in [-0.2, -0.15) is 4.99 Å². The second kappa shape index (κ2) is 9.33. The normalized spacial score (nSPS) is 11.4. The average Bonchev–Trinajstić information content (AvgIpc) is 2.14. The SMILES string of the molecule is CC(C)[C@H](N=C=O)C(=O)O.CCC(N)N. The van der Waals surface area contributed by atoms with Crippen LogP contribution in [0.1, 0.15) is 27.2 Å². The number of carboxylic acid groups (broad SMARTS) is 1. The maximum atomic E-state index is 10.3. The van der Waals surface area contributed by atoms with Gasteiger partial charge in [-0.3, -0.25) is 0 Å². The molecular formula is C9H19N3O3. The van der Waals surface area contributed by atoms with Crippen molar-refractivity contribution < 1.29 is 14.7 Å². The third-order valence-corrected chi connectivity index (χ3v) is 1.55. The maximum Gasteiger partial charge on any atom is 0.329 e. The van der Waals surface area contributed by atoms with Crippen LogP contribution in [-0.4, -0.2) is 29.4 Å². The number of nitrogens with two attached hydrogens (primary N) is 2. The smallest absolute Gasteiger partial charge is 0.329 e. The molecule has 0 fully saturated rings. The lowest BCUT2D eigenvalue weighted by molar-refractivity contribution is -0.139. The van der Waals surface area contributed by atoms with E-state index in [2.05, 4.69) is 4.99 Å². The molecule has 0 aromatic carbocycles. The van der Waals surface area contributed by atoms with Crippen LogP contribution in [0.2, 0.25) is 0 Å². The Labute approximate surface area is 89.4 Å². The Hall–Kier alpha value is -1.23. The van der Waals surface area contributed by atoms with Crippen LogP contribution >= 0.6 is 0 Å². The molecule has 0 aromatic rings. The Balaban J connectivity index is 0. The van der Waals surface area contributed by atoms with Crippen molar-refractivity contribution in [2.45, 2.75) is 39.4 Å². The minimum absolute atomic E-state index is 0.116. The molecule has 0 heterocycles. The summed E-state index contributed by atoms with van der Waals surface area (Å²) in [5.74, 6) is -1.25. The summed E-state index contributed by atoms with van der Waals surface area (Å²) in [7, 11) is 0. The minimum Gasteiger partial charge on any atom is -0.480 e. The second-order valence-electron chi connectivity index (χ2n) is 3.32. The van der Waals surface area contributed by atoms with E-state index >= 15 is 0 Å². The summed E-state index contributed by atoms with van der Waals surface area (Å²) in [6, 6.07) is -0.947. The van der Waals surface area contributed by atoms with Gasteiger partial charge in [-0.1, -0.05) is 20.8 Å². The summed E-state index contributed by atoms with van der Waals surface area (Å²) in [5, 5.41) is 8.40. The first-order valence-corrected chi connectivity index (χ1v) is 4.67. The number of hydrogen-bond acceptors (Lipinski definition) is 5. The fourth-order valence-electron chi connectivity index (χ4n) is 0.546. The average molecular weight is 217 g/mol. The first-order chi connectivity index (χ1) is 6.86. The van der Waals surface area contributed by atoms with E-state index in [1.807, 2.05) is 6.92 Å². The molecule has 15 heavy (non-hydrogen) atoms. The molecule has 0 radical (unpaired) electrons. The van der Waals surface area contributed by atoms with Gasteiger partial charge in [0.05, 0.1) is 6.17 Å². The number of aliphatic imine (C=N–C) groups is 1. The van der Waals surface area contributed by atoms with Crippen molar-refractivity contribution in [3.63, 3.8) is 0 Å². The highest BCUT2D eigenvalue weighted by Gasteiger charge is 2.19. The van der Waals surface area contributed by atoms with Crippen LogP contribution in [0.3, 0.4) is 0 Å². The fourth-order valence-corrected chi connectivity index (χ4v) is 0.546. The molecule has 1 atom stereocenters. The Morgan fingerprint density at radius 2 is 1.87 bits per heavy atom. The van der Waals surface area contributed by atoms with Crippen molar-refractivity contribution in [1.82, 2.24) is 0 Å². The molecule has 0 aliphatic carbocycles. The van der Waals surface area contributed by atoms with Gasteiger partial charge >= 0.3 is 5.97 Å². The lowest BCUT2D eigenvalue weighted by atomic mass is 10.1. The van der Waals surface area contributed by atoms with E-state index in [-0.39, 0.29) is 12.1 Å². The number of carboxylic acids is 1. The lowest BCUT2D eigenvalue weighted by Crippen LogP contribution is -2.28. The highest BCUT2D eigenvalue weighted by Crippen LogP contribution is 2.04. The van der Waals surface area contributed by atoms with Crippen molar-refractivity contribution in [3.8, 4) is 0 Å². The highest BCUT2D eigenvalue weighted by molar-refractivity contribution is 5.74. The molecule has 0 aliphatic heterocycles. The Morgan fingerprint density at radius 1 is 1.47 bits per heavy atom. The molecule has 0 bridgehead atoms. The summed E-state index contributed by atoms with van der Waals surface area (Å²) in [6.07, 6.45) is 1.97. The second-order valence-corrected chi connectivity index (χ2v) is 3.32. The molecule has 0 saturated carbocycles. The summed E-state index contributed by atoms with van der Waals surface area (Å²) in [6.45, 7) is 5.31. The molecule has 6 heteroatoms. The Bertz CT molecular complexity index is 221. The van der Waals surface area contributed by atoms with Gasteiger partial charge in [-0.25, -0.2) is 9.59 Å².